The molecule has 1 aromatic heterocycles. The molecule has 1 aliphatic rings. The van der Waals surface area contributed by atoms with Gasteiger partial charge in [-0.25, -0.2) is 4.98 Å². The highest BCUT2D eigenvalue weighted by Crippen LogP contribution is 2.42. The van der Waals surface area contributed by atoms with Crippen molar-refractivity contribution in [2.75, 3.05) is 12.8 Å². The summed E-state index contributed by atoms with van der Waals surface area (Å²) in [5, 5.41) is 2.77. The first kappa shape index (κ1) is 19.5. The van der Waals surface area contributed by atoms with Crippen LogP contribution in [0.4, 0.5) is 0 Å². The minimum Gasteiger partial charge on any atom is -0.335 e. The second kappa shape index (κ2) is 8.29. The maximum absolute atomic E-state index is 6.30. The number of halogens is 1. The molecule has 146 valence electrons. The van der Waals surface area contributed by atoms with Gasteiger partial charge in [-0.1, -0.05) is 41.4 Å². The zero-order valence-corrected chi connectivity index (χ0v) is 17.7. The van der Waals surface area contributed by atoms with Crippen LogP contribution in [-0.2, 0) is 16.9 Å². The summed E-state index contributed by atoms with van der Waals surface area (Å²) in [6.45, 7) is 2.89. The summed E-state index contributed by atoms with van der Waals surface area (Å²) in [6, 6.07) is 16.8. The molecule has 6 heteroatoms. The molecule has 2 heterocycles. The normalized spacial score (nSPS) is 22.6. The molecule has 28 heavy (non-hydrogen) atoms. The number of rotatable bonds is 6. The maximum Gasteiger partial charge on any atom is 0.0946 e. The van der Waals surface area contributed by atoms with Crippen molar-refractivity contribution in [2.45, 2.75) is 36.4 Å². The SMILES string of the molecule is Cc1ccc(SC[C@H]2C[C@@](Cn3ccnc3)(c3ccc(Cl)cc3)N(C)O2)cc1. The van der Waals surface area contributed by atoms with Crippen molar-refractivity contribution in [3.05, 3.63) is 83.4 Å². The molecule has 1 saturated heterocycles. The van der Waals surface area contributed by atoms with Gasteiger partial charge in [0, 0.05) is 48.1 Å². The highest BCUT2D eigenvalue weighted by Gasteiger charge is 2.46. The lowest BCUT2D eigenvalue weighted by atomic mass is 9.85. The monoisotopic (exact) mass is 413 g/mol. The zero-order chi connectivity index (χ0) is 19.6. The Labute approximate surface area is 175 Å². The van der Waals surface area contributed by atoms with Crippen molar-refractivity contribution >= 4 is 23.4 Å². The van der Waals surface area contributed by atoms with Gasteiger partial charge in [0.25, 0.3) is 0 Å². The lowest BCUT2D eigenvalue weighted by Crippen LogP contribution is -2.41. The largest absolute Gasteiger partial charge is 0.335 e. The van der Waals surface area contributed by atoms with E-state index in [9.17, 15) is 0 Å². The summed E-state index contributed by atoms with van der Waals surface area (Å²) >= 11 is 7.98. The Bertz CT molecular complexity index is 899. The number of likely N-dealkylation sites (N-methyl/N-ethyl adjacent to an activating group) is 1. The number of nitrogens with zero attached hydrogens (tertiary/aromatic N) is 3. The molecule has 4 nitrogen and oxygen atoms in total. The van der Waals surface area contributed by atoms with E-state index in [0.29, 0.717) is 0 Å². The fourth-order valence-electron chi connectivity index (χ4n) is 3.78. The van der Waals surface area contributed by atoms with Gasteiger partial charge in [-0.15, -0.1) is 11.8 Å². The lowest BCUT2D eigenvalue weighted by molar-refractivity contribution is -0.170. The summed E-state index contributed by atoms with van der Waals surface area (Å²) in [5.41, 5.74) is 2.23. The van der Waals surface area contributed by atoms with E-state index in [0.717, 1.165) is 23.7 Å². The van der Waals surface area contributed by atoms with Gasteiger partial charge in [-0.2, -0.15) is 5.06 Å². The average molecular weight is 414 g/mol. The molecule has 1 fully saturated rings. The molecule has 2 atom stereocenters. The van der Waals surface area contributed by atoms with Crippen LogP contribution in [-0.4, -0.2) is 33.5 Å². The Hall–Kier alpha value is -1.79. The van der Waals surface area contributed by atoms with Crippen molar-refractivity contribution in [1.82, 2.24) is 14.6 Å². The maximum atomic E-state index is 6.30. The Morgan fingerprint density at radius 2 is 1.93 bits per heavy atom. The molecule has 4 rings (SSSR count). The van der Waals surface area contributed by atoms with Crippen LogP contribution in [0.1, 0.15) is 17.5 Å². The van der Waals surface area contributed by atoms with Gasteiger partial charge in [-0.3, -0.25) is 4.84 Å². The summed E-state index contributed by atoms with van der Waals surface area (Å²) in [5.74, 6) is 0.909. The molecule has 0 unspecified atom stereocenters. The molecule has 0 N–H and O–H groups in total. The standard InChI is InChI=1S/C22H24ClN3OS/c1-17-3-9-21(10-4-17)28-14-20-13-22(25(2)27-20,15-26-12-11-24-16-26)18-5-7-19(23)8-6-18/h3-12,16,20H,13-15H2,1-2H3/t20-,22-/m1/s1. The fraction of sp³-hybridized carbons (Fsp3) is 0.318. The van der Waals surface area contributed by atoms with E-state index in [1.807, 2.05) is 54.7 Å². The lowest BCUT2D eigenvalue weighted by Gasteiger charge is -2.35. The Balaban J connectivity index is 1.55. The van der Waals surface area contributed by atoms with Crippen LogP contribution in [0, 0.1) is 6.92 Å². The third kappa shape index (κ3) is 4.13. The highest BCUT2D eigenvalue weighted by atomic mass is 35.5. The Morgan fingerprint density at radius 1 is 1.18 bits per heavy atom. The molecular formula is C22H24ClN3OS. The second-order valence-corrected chi connectivity index (χ2v) is 8.86. The number of imidazole rings is 1. The zero-order valence-electron chi connectivity index (χ0n) is 16.1. The third-order valence-electron chi connectivity index (χ3n) is 5.32. The molecule has 3 aromatic rings. The quantitative estimate of drug-likeness (QED) is 0.521. The van der Waals surface area contributed by atoms with Gasteiger partial charge < -0.3 is 4.57 Å². The van der Waals surface area contributed by atoms with Gasteiger partial charge in [0.1, 0.15) is 0 Å². The fourth-order valence-corrected chi connectivity index (χ4v) is 4.79. The minimum atomic E-state index is -0.260. The predicted octanol–water partition coefficient (Wildman–Crippen LogP) is 5.17. The van der Waals surface area contributed by atoms with Gasteiger partial charge in [0.2, 0.25) is 0 Å². The number of thioether (sulfide) groups is 1. The minimum absolute atomic E-state index is 0.135. The van der Waals surface area contributed by atoms with Crippen molar-refractivity contribution in [1.29, 1.82) is 0 Å². The van der Waals surface area contributed by atoms with Crippen molar-refractivity contribution in [3.8, 4) is 0 Å². The van der Waals surface area contributed by atoms with Crippen LogP contribution in [0.3, 0.4) is 0 Å². The molecule has 1 aliphatic heterocycles. The summed E-state index contributed by atoms with van der Waals surface area (Å²) < 4.78 is 2.12. The summed E-state index contributed by atoms with van der Waals surface area (Å²) in [4.78, 5) is 11.8. The van der Waals surface area contributed by atoms with Crippen LogP contribution < -0.4 is 0 Å². The third-order valence-corrected chi connectivity index (χ3v) is 6.71. The first-order valence-electron chi connectivity index (χ1n) is 9.37. The molecule has 0 saturated carbocycles. The molecule has 0 spiro atoms. The van der Waals surface area contributed by atoms with Crippen LogP contribution >= 0.6 is 23.4 Å². The summed E-state index contributed by atoms with van der Waals surface area (Å²) in [7, 11) is 2.03. The van der Waals surface area contributed by atoms with E-state index >= 15 is 0 Å². The van der Waals surface area contributed by atoms with Gasteiger partial charge in [-0.05, 0) is 36.8 Å². The Morgan fingerprint density at radius 3 is 2.61 bits per heavy atom. The van der Waals surface area contributed by atoms with E-state index < -0.39 is 0 Å². The number of hydroxylamine groups is 2. The molecule has 2 aromatic carbocycles. The molecule has 0 bridgehead atoms. The van der Waals surface area contributed by atoms with E-state index in [2.05, 4.69) is 52.9 Å². The predicted molar refractivity (Wildman–Crippen MR) is 115 cm³/mol. The summed E-state index contributed by atoms with van der Waals surface area (Å²) in [6.07, 6.45) is 6.72. The molecule has 0 radical (unpaired) electrons. The van der Waals surface area contributed by atoms with Crippen molar-refractivity contribution in [2.24, 2.45) is 0 Å². The van der Waals surface area contributed by atoms with Crippen LogP contribution in [0.2, 0.25) is 5.02 Å². The topological polar surface area (TPSA) is 30.3 Å². The van der Waals surface area contributed by atoms with Gasteiger partial charge in [0.15, 0.2) is 0 Å². The van der Waals surface area contributed by atoms with Gasteiger partial charge in [0.05, 0.1) is 18.0 Å². The molecule has 0 amide bonds. The molecular weight excluding hydrogens is 390 g/mol. The van der Waals surface area contributed by atoms with Crippen molar-refractivity contribution in [3.63, 3.8) is 0 Å². The number of hydrogen-bond donors (Lipinski definition) is 0. The van der Waals surface area contributed by atoms with E-state index in [-0.39, 0.29) is 11.6 Å². The van der Waals surface area contributed by atoms with E-state index in [1.165, 1.54) is 16.0 Å². The second-order valence-electron chi connectivity index (χ2n) is 7.33. The van der Waals surface area contributed by atoms with Gasteiger partial charge >= 0.3 is 0 Å². The smallest absolute Gasteiger partial charge is 0.0946 e. The Kier molecular flexibility index (Phi) is 5.78. The number of hydrogen-bond acceptors (Lipinski definition) is 4. The highest BCUT2D eigenvalue weighted by molar-refractivity contribution is 7.99. The van der Waals surface area contributed by atoms with Crippen LogP contribution in [0.5, 0.6) is 0 Å². The average Bonchev–Trinajstić information content (AvgIpc) is 3.31. The first-order chi connectivity index (χ1) is 13.5. The van der Waals surface area contributed by atoms with Crippen LogP contribution in [0.15, 0.2) is 72.1 Å². The van der Waals surface area contributed by atoms with E-state index in [4.69, 9.17) is 16.4 Å². The number of aromatic nitrogens is 2. The molecule has 0 aliphatic carbocycles. The van der Waals surface area contributed by atoms with E-state index in [1.54, 1.807) is 0 Å². The number of aryl methyl sites for hydroxylation is 1. The van der Waals surface area contributed by atoms with Crippen LogP contribution in [0.25, 0.3) is 0 Å². The van der Waals surface area contributed by atoms with Crippen molar-refractivity contribution < 1.29 is 4.84 Å². The first-order valence-corrected chi connectivity index (χ1v) is 10.7. The number of benzene rings is 2.